The first-order chi connectivity index (χ1) is 10.3. The van der Waals surface area contributed by atoms with Crippen molar-refractivity contribution in [2.75, 3.05) is 0 Å². The highest BCUT2D eigenvalue weighted by atomic mass is 19.1. The average molecular weight is 296 g/mol. The van der Waals surface area contributed by atoms with E-state index < -0.39 is 5.82 Å². The summed E-state index contributed by atoms with van der Waals surface area (Å²) in [6, 6.07) is 13.3. The van der Waals surface area contributed by atoms with Crippen LogP contribution in [0, 0.1) is 5.82 Å². The maximum absolute atomic E-state index is 13.2. The van der Waals surface area contributed by atoms with Crippen LogP contribution < -0.4 is 5.43 Å². The lowest BCUT2D eigenvalue weighted by Gasteiger charge is -2.19. The van der Waals surface area contributed by atoms with Gasteiger partial charge in [0.05, 0.1) is 5.39 Å². The van der Waals surface area contributed by atoms with Gasteiger partial charge in [-0.2, -0.15) is 0 Å². The predicted octanol–water partition coefficient (Wildman–Crippen LogP) is 4.90. The molecule has 0 bridgehead atoms. The van der Waals surface area contributed by atoms with E-state index in [1.807, 2.05) is 24.3 Å². The van der Waals surface area contributed by atoms with Crippen LogP contribution in [0.3, 0.4) is 0 Å². The average Bonchev–Trinajstić information content (AvgIpc) is 2.47. The molecular weight excluding hydrogens is 279 g/mol. The fraction of sp³-hybridized carbons (Fsp3) is 0.211. The molecule has 112 valence electrons. The lowest BCUT2D eigenvalue weighted by molar-refractivity contribution is 0.589. The molecule has 1 aromatic heterocycles. The van der Waals surface area contributed by atoms with Gasteiger partial charge >= 0.3 is 0 Å². The first-order valence-corrected chi connectivity index (χ1v) is 7.19. The van der Waals surface area contributed by atoms with Gasteiger partial charge in [0.2, 0.25) is 0 Å². The van der Waals surface area contributed by atoms with E-state index in [-0.39, 0.29) is 16.2 Å². The zero-order valence-corrected chi connectivity index (χ0v) is 12.8. The number of fused-ring (bicyclic) bond motifs is 1. The van der Waals surface area contributed by atoms with Crippen LogP contribution in [-0.4, -0.2) is 0 Å². The fourth-order valence-corrected chi connectivity index (χ4v) is 2.41. The van der Waals surface area contributed by atoms with Crippen LogP contribution in [0.15, 0.2) is 57.7 Å². The second kappa shape index (κ2) is 5.09. The summed E-state index contributed by atoms with van der Waals surface area (Å²) in [4.78, 5) is 12.1. The van der Waals surface area contributed by atoms with Gasteiger partial charge in [-0.1, -0.05) is 45.0 Å². The Balaban J connectivity index is 2.11. The number of rotatable bonds is 1. The Hall–Kier alpha value is -2.42. The molecule has 1 heterocycles. The van der Waals surface area contributed by atoms with Crippen LogP contribution in [-0.2, 0) is 5.41 Å². The number of hydrogen-bond acceptors (Lipinski definition) is 2. The normalized spacial score (nSPS) is 11.8. The molecule has 0 saturated heterocycles. The number of hydrogen-bond donors (Lipinski definition) is 0. The quantitative estimate of drug-likeness (QED) is 0.639. The maximum Gasteiger partial charge on any atom is 0.193 e. The summed E-state index contributed by atoms with van der Waals surface area (Å²) in [6.07, 6.45) is 0. The van der Waals surface area contributed by atoms with Gasteiger partial charge in [0.15, 0.2) is 5.43 Å². The van der Waals surface area contributed by atoms with Gasteiger partial charge in [0.1, 0.15) is 17.2 Å². The standard InChI is InChI=1S/C19H17FO2/c1-19(2,3)13-6-4-12(5-7-13)18-11-16(21)15-10-14(20)8-9-17(15)22-18/h4-11H,1-3H3. The molecule has 0 saturated carbocycles. The summed E-state index contributed by atoms with van der Waals surface area (Å²) >= 11 is 0. The Bertz CT molecular complexity index is 884. The van der Waals surface area contributed by atoms with Crippen LogP contribution in [0.1, 0.15) is 26.3 Å². The van der Waals surface area contributed by atoms with E-state index in [0.717, 1.165) is 5.56 Å². The SMILES string of the molecule is CC(C)(C)c1ccc(-c2cc(=O)c3cc(F)ccc3o2)cc1. The molecule has 0 spiro atoms. The van der Waals surface area contributed by atoms with E-state index in [4.69, 9.17) is 4.42 Å². The number of halogens is 1. The van der Waals surface area contributed by atoms with Gasteiger partial charge in [0.25, 0.3) is 0 Å². The van der Waals surface area contributed by atoms with Gasteiger partial charge in [-0.3, -0.25) is 4.79 Å². The molecule has 0 atom stereocenters. The molecule has 0 aliphatic heterocycles. The predicted molar refractivity (Wildman–Crippen MR) is 86.6 cm³/mol. The Morgan fingerprint density at radius 1 is 0.955 bits per heavy atom. The summed E-state index contributed by atoms with van der Waals surface area (Å²) in [6.45, 7) is 6.44. The molecule has 2 aromatic carbocycles. The second-order valence-corrected chi connectivity index (χ2v) is 6.44. The molecule has 2 nitrogen and oxygen atoms in total. The smallest absolute Gasteiger partial charge is 0.193 e. The molecule has 0 fully saturated rings. The van der Waals surface area contributed by atoms with Crippen molar-refractivity contribution in [3.8, 4) is 11.3 Å². The van der Waals surface area contributed by atoms with E-state index in [0.29, 0.717) is 11.3 Å². The Morgan fingerprint density at radius 3 is 2.27 bits per heavy atom. The van der Waals surface area contributed by atoms with Gasteiger partial charge in [-0.15, -0.1) is 0 Å². The molecule has 0 N–H and O–H groups in total. The summed E-state index contributed by atoms with van der Waals surface area (Å²) in [5.41, 5.74) is 2.26. The molecule has 3 heteroatoms. The molecule has 0 radical (unpaired) electrons. The van der Waals surface area contributed by atoms with Crippen LogP contribution in [0.25, 0.3) is 22.3 Å². The summed E-state index contributed by atoms with van der Waals surface area (Å²) in [7, 11) is 0. The third kappa shape index (κ3) is 2.67. The Kier molecular flexibility index (Phi) is 3.36. The molecule has 22 heavy (non-hydrogen) atoms. The van der Waals surface area contributed by atoms with Crippen LogP contribution >= 0.6 is 0 Å². The van der Waals surface area contributed by atoms with E-state index >= 15 is 0 Å². The van der Waals surface area contributed by atoms with Crippen LogP contribution in [0.5, 0.6) is 0 Å². The van der Waals surface area contributed by atoms with Crippen molar-refractivity contribution in [2.24, 2.45) is 0 Å². The first kappa shape index (κ1) is 14.5. The van der Waals surface area contributed by atoms with Crippen LogP contribution in [0.2, 0.25) is 0 Å². The van der Waals surface area contributed by atoms with E-state index in [2.05, 4.69) is 20.8 Å². The second-order valence-electron chi connectivity index (χ2n) is 6.44. The lowest BCUT2D eigenvalue weighted by atomic mass is 9.86. The molecule has 0 aliphatic carbocycles. The zero-order valence-electron chi connectivity index (χ0n) is 12.8. The fourth-order valence-electron chi connectivity index (χ4n) is 2.41. The molecule has 0 unspecified atom stereocenters. The number of benzene rings is 2. The van der Waals surface area contributed by atoms with Crippen molar-refractivity contribution in [1.82, 2.24) is 0 Å². The third-order valence-electron chi connectivity index (χ3n) is 3.72. The topological polar surface area (TPSA) is 30.2 Å². The van der Waals surface area contributed by atoms with E-state index in [1.165, 1.54) is 29.8 Å². The minimum atomic E-state index is -0.443. The van der Waals surface area contributed by atoms with Gasteiger partial charge in [-0.05, 0) is 29.2 Å². The monoisotopic (exact) mass is 296 g/mol. The minimum absolute atomic E-state index is 0.0697. The summed E-state index contributed by atoms with van der Waals surface area (Å²) < 4.78 is 19.0. The van der Waals surface area contributed by atoms with Crippen LogP contribution in [0.4, 0.5) is 4.39 Å². The Labute approximate surface area is 128 Å². The first-order valence-electron chi connectivity index (χ1n) is 7.19. The van der Waals surface area contributed by atoms with Crippen molar-refractivity contribution >= 4 is 11.0 Å². The van der Waals surface area contributed by atoms with Crippen molar-refractivity contribution in [3.05, 3.63) is 70.1 Å². The van der Waals surface area contributed by atoms with Gasteiger partial charge in [0, 0.05) is 11.6 Å². The van der Waals surface area contributed by atoms with Gasteiger partial charge in [-0.25, -0.2) is 4.39 Å². The van der Waals surface area contributed by atoms with E-state index in [9.17, 15) is 9.18 Å². The largest absolute Gasteiger partial charge is 0.456 e. The van der Waals surface area contributed by atoms with Crippen molar-refractivity contribution in [1.29, 1.82) is 0 Å². The molecule has 0 aliphatic rings. The molecular formula is C19H17FO2. The summed E-state index contributed by atoms with van der Waals surface area (Å²) in [5.74, 6) is 0.0478. The van der Waals surface area contributed by atoms with Crippen molar-refractivity contribution in [2.45, 2.75) is 26.2 Å². The summed E-state index contributed by atoms with van der Waals surface area (Å²) in [5, 5.41) is 0.259. The zero-order chi connectivity index (χ0) is 15.9. The molecule has 0 amide bonds. The maximum atomic E-state index is 13.2. The molecule has 3 aromatic rings. The molecule has 3 rings (SSSR count). The highest BCUT2D eigenvalue weighted by Crippen LogP contribution is 2.27. The van der Waals surface area contributed by atoms with Crippen molar-refractivity contribution in [3.63, 3.8) is 0 Å². The minimum Gasteiger partial charge on any atom is -0.456 e. The highest BCUT2D eigenvalue weighted by Gasteiger charge is 2.14. The highest BCUT2D eigenvalue weighted by molar-refractivity contribution is 5.78. The lowest BCUT2D eigenvalue weighted by Crippen LogP contribution is -2.10. The van der Waals surface area contributed by atoms with E-state index in [1.54, 1.807) is 0 Å². The van der Waals surface area contributed by atoms with Crippen molar-refractivity contribution < 1.29 is 8.81 Å². The Morgan fingerprint density at radius 2 is 1.64 bits per heavy atom. The third-order valence-corrected chi connectivity index (χ3v) is 3.72. The van der Waals surface area contributed by atoms with Gasteiger partial charge < -0.3 is 4.42 Å².